The van der Waals surface area contributed by atoms with Crippen LogP contribution >= 0.6 is 11.6 Å². The number of aromatic nitrogens is 3. The Balaban J connectivity index is 1.30. The number of rotatable bonds is 8. The molecule has 5 nitrogen and oxygen atoms in total. The molecule has 4 aromatic rings. The summed E-state index contributed by atoms with van der Waals surface area (Å²) in [6, 6.07) is 13.4. The van der Waals surface area contributed by atoms with Crippen molar-refractivity contribution in [1.29, 1.82) is 0 Å². The van der Waals surface area contributed by atoms with Gasteiger partial charge in [0.15, 0.2) is 0 Å². The van der Waals surface area contributed by atoms with Crippen LogP contribution in [-0.2, 0) is 11.2 Å². The van der Waals surface area contributed by atoms with E-state index in [1.54, 1.807) is 49.5 Å². The van der Waals surface area contributed by atoms with Gasteiger partial charge in [-0.15, -0.1) is 0 Å². The number of H-pyrrole nitrogens is 1. The van der Waals surface area contributed by atoms with Crippen LogP contribution in [-0.4, -0.2) is 28.4 Å². The maximum absolute atomic E-state index is 15.1. The quantitative estimate of drug-likeness (QED) is 0.257. The lowest BCUT2D eigenvalue weighted by Crippen LogP contribution is -2.16. The summed E-state index contributed by atoms with van der Waals surface area (Å²) >= 11 is 6.18. The van der Waals surface area contributed by atoms with Crippen LogP contribution in [0.25, 0.3) is 22.8 Å². The average molecular weight is 524 g/mol. The maximum atomic E-state index is 15.1. The number of benzene rings is 2. The second-order valence-electron chi connectivity index (χ2n) is 9.34. The van der Waals surface area contributed by atoms with Gasteiger partial charge in [0.25, 0.3) is 0 Å². The maximum Gasteiger partial charge on any atom is 0.134 e. The highest BCUT2D eigenvalue weighted by Gasteiger charge is 2.18. The summed E-state index contributed by atoms with van der Waals surface area (Å²) < 4.78 is 40.8. The van der Waals surface area contributed by atoms with Gasteiger partial charge in [-0.1, -0.05) is 17.7 Å². The van der Waals surface area contributed by atoms with Gasteiger partial charge in [0, 0.05) is 47.7 Å². The highest BCUT2D eigenvalue weighted by Crippen LogP contribution is 2.32. The van der Waals surface area contributed by atoms with Crippen molar-refractivity contribution in [3.8, 4) is 5.75 Å². The number of nitrogens with zero attached hydrogens (tertiary/aromatic N) is 2. The molecule has 1 N–H and O–H groups in total. The molecule has 1 aliphatic rings. The predicted molar refractivity (Wildman–Crippen MR) is 142 cm³/mol. The molecule has 2 aromatic carbocycles. The lowest BCUT2D eigenvalue weighted by Gasteiger charge is -2.21. The molecule has 1 fully saturated rings. The van der Waals surface area contributed by atoms with Crippen molar-refractivity contribution in [2.75, 3.05) is 13.2 Å². The highest BCUT2D eigenvalue weighted by molar-refractivity contribution is 6.31. The summed E-state index contributed by atoms with van der Waals surface area (Å²) in [6.07, 6.45) is 6.48. The molecule has 0 amide bonds. The topological polar surface area (TPSA) is 60.0 Å². The Hall–Kier alpha value is -3.29. The van der Waals surface area contributed by atoms with Crippen LogP contribution in [0.1, 0.15) is 54.8 Å². The standard InChI is InChI=1S/C29H28ClF2N3O2/c1-18(29-24(30)3-2-4-25(29)31)37-22-9-10-27-23(15-22)28(35-34-27)16-26(32)20-6-8-21(33-17-20)7-5-19-11-13-36-14-12-19/h2-4,6,8-10,15-19H,5,7,11-14H2,1H3,(H,34,35)/b26-16-. The molecule has 5 rings (SSSR count). The van der Waals surface area contributed by atoms with E-state index in [9.17, 15) is 4.39 Å². The Morgan fingerprint density at radius 3 is 2.81 bits per heavy atom. The second-order valence-corrected chi connectivity index (χ2v) is 9.74. The van der Waals surface area contributed by atoms with E-state index >= 15 is 4.39 Å². The number of hydrogen-bond donors (Lipinski definition) is 1. The highest BCUT2D eigenvalue weighted by atomic mass is 35.5. The van der Waals surface area contributed by atoms with E-state index < -0.39 is 17.7 Å². The molecule has 1 atom stereocenters. The zero-order chi connectivity index (χ0) is 25.8. The molecule has 192 valence electrons. The zero-order valence-electron chi connectivity index (χ0n) is 20.5. The van der Waals surface area contributed by atoms with Gasteiger partial charge in [0.05, 0.1) is 16.2 Å². The zero-order valence-corrected chi connectivity index (χ0v) is 21.3. The minimum Gasteiger partial charge on any atom is -0.486 e. The summed E-state index contributed by atoms with van der Waals surface area (Å²) in [4.78, 5) is 4.47. The van der Waals surface area contributed by atoms with E-state index in [1.807, 2.05) is 6.07 Å². The molecule has 0 radical (unpaired) electrons. The summed E-state index contributed by atoms with van der Waals surface area (Å²) in [5, 5.41) is 8.11. The molecule has 2 aromatic heterocycles. The monoisotopic (exact) mass is 523 g/mol. The molecule has 37 heavy (non-hydrogen) atoms. The van der Waals surface area contributed by atoms with Crippen LogP contribution in [0.3, 0.4) is 0 Å². The number of fused-ring (bicyclic) bond motifs is 1. The van der Waals surface area contributed by atoms with E-state index in [4.69, 9.17) is 21.1 Å². The summed E-state index contributed by atoms with van der Waals surface area (Å²) in [5.41, 5.74) is 2.79. The normalized spacial score (nSPS) is 15.7. The number of nitrogens with one attached hydrogen (secondary N) is 1. The SMILES string of the molecule is CC(Oc1ccc2n[nH]c(/C=C(\F)c3ccc(CCC4CCOCC4)nc3)c2c1)c1c(F)cccc1Cl. The lowest BCUT2D eigenvalue weighted by atomic mass is 9.94. The minimum atomic E-state index is -0.621. The van der Waals surface area contributed by atoms with Crippen LogP contribution < -0.4 is 4.74 Å². The molecule has 0 bridgehead atoms. The molecule has 0 spiro atoms. The van der Waals surface area contributed by atoms with Crippen LogP contribution in [0, 0.1) is 11.7 Å². The predicted octanol–water partition coefficient (Wildman–Crippen LogP) is 7.72. The third-order valence-electron chi connectivity index (χ3n) is 6.80. The van der Waals surface area contributed by atoms with E-state index in [2.05, 4.69) is 15.2 Å². The van der Waals surface area contributed by atoms with Gasteiger partial charge in [0.1, 0.15) is 23.5 Å². The van der Waals surface area contributed by atoms with Crippen molar-refractivity contribution in [3.05, 3.63) is 88.1 Å². The fraction of sp³-hybridized carbons (Fsp3) is 0.310. The number of hydrogen-bond acceptors (Lipinski definition) is 4. The van der Waals surface area contributed by atoms with Crippen molar-refractivity contribution in [3.63, 3.8) is 0 Å². The Kier molecular flexibility index (Phi) is 7.82. The van der Waals surface area contributed by atoms with Gasteiger partial charge in [-0.2, -0.15) is 5.10 Å². The first kappa shape index (κ1) is 25.4. The first-order valence-electron chi connectivity index (χ1n) is 12.5. The molecule has 8 heteroatoms. The van der Waals surface area contributed by atoms with Gasteiger partial charge in [-0.05, 0) is 81.0 Å². The third-order valence-corrected chi connectivity index (χ3v) is 7.12. The van der Waals surface area contributed by atoms with Gasteiger partial charge in [0.2, 0.25) is 0 Å². The van der Waals surface area contributed by atoms with Crippen molar-refractivity contribution in [2.24, 2.45) is 5.92 Å². The molecular weight excluding hydrogens is 496 g/mol. The molecule has 1 saturated heterocycles. The van der Waals surface area contributed by atoms with Crippen LogP contribution in [0.4, 0.5) is 8.78 Å². The fourth-order valence-electron chi connectivity index (χ4n) is 4.67. The van der Waals surface area contributed by atoms with Gasteiger partial charge in [-0.25, -0.2) is 8.78 Å². The van der Waals surface area contributed by atoms with Crippen molar-refractivity contribution >= 4 is 34.4 Å². The molecule has 0 saturated carbocycles. The number of halogens is 3. The van der Waals surface area contributed by atoms with Gasteiger partial charge in [-0.3, -0.25) is 10.1 Å². The Morgan fingerprint density at radius 2 is 2.05 bits per heavy atom. The largest absolute Gasteiger partial charge is 0.486 e. The number of aromatic amines is 1. The number of aryl methyl sites for hydroxylation is 1. The first-order chi connectivity index (χ1) is 18.0. The minimum absolute atomic E-state index is 0.284. The lowest BCUT2D eigenvalue weighted by molar-refractivity contribution is 0.0639. The fourth-order valence-corrected chi connectivity index (χ4v) is 4.98. The van der Waals surface area contributed by atoms with Crippen molar-refractivity contribution < 1.29 is 18.3 Å². The summed E-state index contributed by atoms with van der Waals surface area (Å²) in [6.45, 7) is 3.40. The Labute approximate surface area is 219 Å². The molecule has 1 unspecified atom stereocenters. The van der Waals surface area contributed by atoms with Gasteiger partial charge >= 0.3 is 0 Å². The van der Waals surface area contributed by atoms with Gasteiger partial charge < -0.3 is 9.47 Å². The Bertz CT molecular complexity index is 1380. The van der Waals surface area contributed by atoms with E-state index in [0.29, 0.717) is 38.9 Å². The smallest absolute Gasteiger partial charge is 0.134 e. The Morgan fingerprint density at radius 1 is 1.22 bits per heavy atom. The number of pyridine rings is 1. The molecular formula is C29H28ClF2N3O2. The van der Waals surface area contributed by atoms with E-state index in [-0.39, 0.29) is 5.56 Å². The molecule has 0 aliphatic carbocycles. The molecule has 1 aliphatic heterocycles. The van der Waals surface area contributed by atoms with E-state index in [1.165, 1.54) is 12.1 Å². The first-order valence-corrected chi connectivity index (χ1v) is 12.8. The van der Waals surface area contributed by atoms with Crippen molar-refractivity contribution in [1.82, 2.24) is 15.2 Å². The molecule has 3 heterocycles. The second kappa shape index (κ2) is 11.4. The third kappa shape index (κ3) is 6.00. The van der Waals surface area contributed by atoms with Crippen LogP contribution in [0.2, 0.25) is 5.02 Å². The summed E-state index contributed by atoms with van der Waals surface area (Å²) in [5.74, 6) is 0.303. The van der Waals surface area contributed by atoms with Crippen LogP contribution in [0.15, 0.2) is 54.7 Å². The average Bonchev–Trinajstić information content (AvgIpc) is 3.30. The van der Waals surface area contributed by atoms with Crippen LogP contribution in [0.5, 0.6) is 5.75 Å². The van der Waals surface area contributed by atoms with Crippen molar-refractivity contribution in [2.45, 2.75) is 38.7 Å². The number of ether oxygens (including phenoxy) is 2. The summed E-state index contributed by atoms with van der Waals surface area (Å²) in [7, 11) is 0. The van der Waals surface area contributed by atoms with E-state index in [0.717, 1.165) is 44.6 Å².